The van der Waals surface area contributed by atoms with Crippen LogP contribution < -0.4 is 11.1 Å². The second-order valence-corrected chi connectivity index (χ2v) is 5.02. The van der Waals surface area contributed by atoms with Gasteiger partial charge in [-0.15, -0.1) is 0 Å². The van der Waals surface area contributed by atoms with Gasteiger partial charge in [-0.3, -0.25) is 4.79 Å². The van der Waals surface area contributed by atoms with Gasteiger partial charge in [0.25, 0.3) is 0 Å². The van der Waals surface area contributed by atoms with E-state index in [2.05, 4.69) is 15.3 Å². The molecule has 3 rings (SSSR count). The number of nitrogens with zero attached hydrogens (tertiary/aromatic N) is 1. The Balaban J connectivity index is 1.71. The number of amides is 1. The molecule has 0 aliphatic rings. The quantitative estimate of drug-likeness (QED) is 0.645. The predicted molar refractivity (Wildman–Crippen MR) is 84.0 cm³/mol. The van der Waals surface area contributed by atoms with Crippen LogP contribution in [0.2, 0.25) is 0 Å². The van der Waals surface area contributed by atoms with Crippen LogP contribution >= 0.6 is 0 Å². The molecule has 2 aromatic carbocycles. The fourth-order valence-electron chi connectivity index (χ4n) is 2.24. The van der Waals surface area contributed by atoms with E-state index in [1.54, 1.807) is 12.1 Å². The maximum atomic E-state index is 12.0. The Morgan fingerprint density at radius 1 is 1.24 bits per heavy atom. The Labute approximate surface area is 122 Å². The molecule has 0 saturated carbocycles. The van der Waals surface area contributed by atoms with Crippen LogP contribution in [-0.4, -0.2) is 15.9 Å². The summed E-state index contributed by atoms with van der Waals surface area (Å²) < 4.78 is 0. The topological polar surface area (TPSA) is 83.8 Å². The number of nitrogens with one attached hydrogen (secondary N) is 2. The third kappa shape index (κ3) is 3.02. The largest absolute Gasteiger partial charge is 0.399 e. The molecule has 1 heterocycles. The van der Waals surface area contributed by atoms with E-state index in [4.69, 9.17) is 5.73 Å². The van der Waals surface area contributed by atoms with E-state index in [-0.39, 0.29) is 5.91 Å². The summed E-state index contributed by atoms with van der Waals surface area (Å²) in [6, 6.07) is 12.9. The van der Waals surface area contributed by atoms with Gasteiger partial charge in [-0.2, -0.15) is 0 Å². The average Bonchev–Trinajstić information content (AvgIpc) is 2.80. The van der Waals surface area contributed by atoms with Crippen molar-refractivity contribution in [3.8, 4) is 0 Å². The molecule has 5 nitrogen and oxygen atoms in total. The Morgan fingerprint density at radius 2 is 2.00 bits per heavy atom. The summed E-state index contributed by atoms with van der Waals surface area (Å²) >= 11 is 0. The highest BCUT2D eigenvalue weighted by atomic mass is 16.1. The number of nitrogen functional groups attached to an aromatic ring is 1. The van der Waals surface area contributed by atoms with Gasteiger partial charge in [-0.05, 0) is 42.8 Å². The molecule has 0 aliphatic carbocycles. The van der Waals surface area contributed by atoms with Gasteiger partial charge in [0.05, 0.1) is 17.5 Å². The number of rotatable bonds is 3. The number of nitrogens with two attached hydrogens (primary N) is 1. The minimum Gasteiger partial charge on any atom is -0.399 e. The number of carbonyl (C=O) groups is 1. The van der Waals surface area contributed by atoms with Crippen LogP contribution in [0.4, 0.5) is 11.4 Å². The van der Waals surface area contributed by atoms with E-state index in [9.17, 15) is 4.79 Å². The number of hydrogen-bond acceptors (Lipinski definition) is 3. The molecule has 21 heavy (non-hydrogen) atoms. The highest BCUT2D eigenvalue weighted by Crippen LogP contribution is 2.17. The lowest BCUT2D eigenvalue weighted by atomic mass is 10.1. The number of aromatic nitrogens is 2. The summed E-state index contributed by atoms with van der Waals surface area (Å²) in [6.45, 7) is 1.90. The van der Waals surface area contributed by atoms with Gasteiger partial charge in [-0.25, -0.2) is 4.98 Å². The van der Waals surface area contributed by atoms with E-state index < -0.39 is 0 Å². The minimum atomic E-state index is -0.0599. The molecule has 1 aromatic heterocycles. The van der Waals surface area contributed by atoms with Crippen molar-refractivity contribution in [3.05, 3.63) is 53.9 Å². The molecular formula is C16H16N4O. The van der Waals surface area contributed by atoms with Crippen molar-refractivity contribution in [2.45, 2.75) is 13.3 Å². The summed E-state index contributed by atoms with van der Waals surface area (Å²) in [7, 11) is 0. The predicted octanol–water partition coefficient (Wildman–Crippen LogP) is 2.63. The lowest BCUT2D eigenvalue weighted by Gasteiger charge is -2.05. The zero-order valence-corrected chi connectivity index (χ0v) is 11.7. The van der Waals surface area contributed by atoms with E-state index in [0.29, 0.717) is 12.1 Å². The zero-order chi connectivity index (χ0) is 14.8. The van der Waals surface area contributed by atoms with E-state index in [0.717, 1.165) is 28.1 Å². The molecule has 5 heteroatoms. The second-order valence-electron chi connectivity index (χ2n) is 5.02. The first-order valence-corrected chi connectivity index (χ1v) is 6.71. The third-order valence-electron chi connectivity index (χ3n) is 3.23. The van der Waals surface area contributed by atoms with Crippen molar-refractivity contribution in [2.75, 3.05) is 11.1 Å². The molecule has 0 aliphatic heterocycles. The van der Waals surface area contributed by atoms with Crippen LogP contribution in [0, 0.1) is 6.92 Å². The Kier molecular flexibility index (Phi) is 3.31. The summed E-state index contributed by atoms with van der Waals surface area (Å²) in [4.78, 5) is 19.5. The van der Waals surface area contributed by atoms with Crippen molar-refractivity contribution in [2.24, 2.45) is 0 Å². The number of imidazole rings is 1. The smallest absolute Gasteiger partial charge is 0.228 e. The van der Waals surface area contributed by atoms with Gasteiger partial charge >= 0.3 is 0 Å². The molecular weight excluding hydrogens is 264 g/mol. The fourth-order valence-corrected chi connectivity index (χ4v) is 2.24. The first-order chi connectivity index (χ1) is 10.1. The van der Waals surface area contributed by atoms with Crippen LogP contribution in [0.25, 0.3) is 11.0 Å². The summed E-state index contributed by atoms with van der Waals surface area (Å²) in [5.41, 5.74) is 9.81. The van der Waals surface area contributed by atoms with Crippen molar-refractivity contribution in [3.63, 3.8) is 0 Å². The maximum absolute atomic E-state index is 12.0. The molecule has 0 unspecified atom stereocenters. The molecule has 1 amide bonds. The number of aryl methyl sites for hydroxylation is 1. The van der Waals surface area contributed by atoms with Gasteiger partial charge in [0.1, 0.15) is 5.82 Å². The number of carbonyl (C=O) groups excluding carboxylic acids is 1. The maximum Gasteiger partial charge on any atom is 0.228 e. The molecule has 0 saturated heterocycles. The van der Waals surface area contributed by atoms with E-state index in [1.807, 2.05) is 37.3 Å². The Hall–Kier alpha value is -2.82. The molecule has 0 fully saturated rings. The Morgan fingerprint density at radius 3 is 2.76 bits per heavy atom. The van der Waals surface area contributed by atoms with Crippen molar-refractivity contribution in [1.82, 2.24) is 9.97 Å². The van der Waals surface area contributed by atoms with Crippen LogP contribution in [-0.2, 0) is 11.2 Å². The number of anilines is 2. The van der Waals surface area contributed by atoms with Crippen molar-refractivity contribution >= 4 is 28.3 Å². The highest BCUT2D eigenvalue weighted by molar-refractivity contribution is 5.94. The lowest BCUT2D eigenvalue weighted by Crippen LogP contribution is -2.14. The monoisotopic (exact) mass is 280 g/mol. The van der Waals surface area contributed by atoms with E-state index in [1.165, 1.54) is 0 Å². The SMILES string of the molecule is Cc1nc2ccc(NC(=O)Cc3ccc(N)cc3)cc2[nH]1. The van der Waals surface area contributed by atoms with Crippen LogP contribution in [0.1, 0.15) is 11.4 Å². The van der Waals surface area contributed by atoms with Gasteiger partial charge in [-0.1, -0.05) is 12.1 Å². The number of hydrogen-bond donors (Lipinski definition) is 3. The molecule has 4 N–H and O–H groups in total. The molecule has 0 spiro atoms. The number of fused-ring (bicyclic) bond motifs is 1. The second kappa shape index (κ2) is 5.28. The molecule has 0 radical (unpaired) electrons. The summed E-state index contributed by atoms with van der Waals surface area (Å²) in [5, 5.41) is 2.89. The molecule has 0 bridgehead atoms. The van der Waals surface area contributed by atoms with Gasteiger partial charge < -0.3 is 16.0 Å². The summed E-state index contributed by atoms with van der Waals surface area (Å²) in [5.74, 6) is 0.797. The number of H-pyrrole nitrogens is 1. The lowest BCUT2D eigenvalue weighted by molar-refractivity contribution is -0.115. The fraction of sp³-hybridized carbons (Fsp3) is 0.125. The van der Waals surface area contributed by atoms with Crippen molar-refractivity contribution < 1.29 is 4.79 Å². The third-order valence-corrected chi connectivity index (χ3v) is 3.23. The van der Waals surface area contributed by atoms with Gasteiger partial charge in [0.15, 0.2) is 0 Å². The standard InChI is InChI=1S/C16H16N4O/c1-10-18-14-7-6-13(9-15(14)19-10)20-16(21)8-11-2-4-12(17)5-3-11/h2-7,9H,8,17H2,1H3,(H,18,19)(H,20,21). The van der Waals surface area contributed by atoms with Gasteiger partial charge in [0, 0.05) is 11.4 Å². The Bertz CT molecular complexity index is 790. The first-order valence-electron chi connectivity index (χ1n) is 6.71. The average molecular weight is 280 g/mol. The number of benzene rings is 2. The molecule has 0 atom stereocenters. The van der Waals surface area contributed by atoms with E-state index >= 15 is 0 Å². The van der Waals surface area contributed by atoms with Gasteiger partial charge in [0.2, 0.25) is 5.91 Å². The van der Waals surface area contributed by atoms with Crippen LogP contribution in [0.5, 0.6) is 0 Å². The minimum absolute atomic E-state index is 0.0599. The van der Waals surface area contributed by atoms with Crippen molar-refractivity contribution in [1.29, 1.82) is 0 Å². The van der Waals surface area contributed by atoms with Crippen LogP contribution in [0.15, 0.2) is 42.5 Å². The molecule has 106 valence electrons. The molecule has 3 aromatic rings. The first kappa shape index (κ1) is 13.2. The summed E-state index contributed by atoms with van der Waals surface area (Å²) in [6.07, 6.45) is 0.320. The number of aromatic amines is 1. The highest BCUT2D eigenvalue weighted by Gasteiger charge is 2.06. The normalized spacial score (nSPS) is 10.7. The van der Waals surface area contributed by atoms with Crippen LogP contribution in [0.3, 0.4) is 0 Å². The zero-order valence-electron chi connectivity index (χ0n) is 11.7.